The lowest BCUT2D eigenvalue weighted by Gasteiger charge is -2.02. The van der Waals surface area contributed by atoms with E-state index in [9.17, 15) is 0 Å². The molecule has 0 spiro atoms. The van der Waals surface area contributed by atoms with E-state index < -0.39 is 0 Å². The first-order valence-corrected chi connectivity index (χ1v) is 7.89. The molecule has 4 aromatic heterocycles. The van der Waals surface area contributed by atoms with Gasteiger partial charge in [0.1, 0.15) is 12.2 Å². The summed E-state index contributed by atoms with van der Waals surface area (Å²) < 4.78 is 3.37. The third-order valence-electron chi connectivity index (χ3n) is 4.16. The lowest BCUT2D eigenvalue weighted by Crippen LogP contribution is -2.09. The van der Waals surface area contributed by atoms with Crippen LogP contribution in [0.1, 0.15) is 0 Å². The fourth-order valence-electron chi connectivity index (χ4n) is 2.99. The van der Waals surface area contributed by atoms with E-state index in [4.69, 9.17) is 5.84 Å². The Morgan fingerprint density at radius 3 is 2.92 bits per heavy atom. The fourth-order valence-corrected chi connectivity index (χ4v) is 2.99. The van der Waals surface area contributed by atoms with Gasteiger partial charge in [-0.2, -0.15) is 14.9 Å². The minimum absolute atomic E-state index is 0.502. The normalized spacial score (nSPS) is 11.5. The van der Waals surface area contributed by atoms with E-state index in [0.29, 0.717) is 28.5 Å². The molecule has 1 aromatic carbocycles. The summed E-state index contributed by atoms with van der Waals surface area (Å²) in [4.78, 5) is 16.4. The Bertz CT molecular complexity index is 1210. The third-order valence-corrected chi connectivity index (χ3v) is 4.16. The van der Waals surface area contributed by atoms with Crippen molar-refractivity contribution in [3.8, 4) is 17.2 Å². The molecule has 0 unspecified atom stereocenters. The lowest BCUT2D eigenvalue weighted by molar-refractivity contribution is 0.736. The SMILES string of the molecule is Cn1cc(-c2nc3ccccc3[nH]2)c(-n2ncc3c(NN)ncnc32)n1. The molecule has 26 heavy (non-hydrogen) atoms. The van der Waals surface area contributed by atoms with Gasteiger partial charge in [-0.3, -0.25) is 4.68 Å². The summed E-state index contributed by atoms with van der Waals surface area (Å²) in [6, 6.07) is 7.86. The number of aryl methyl sites for hydroxylation is 1. The summed E-state index contributed by atoms with van der Waals surface area (Å²) >= 11 is 0. The highest BCUT2D eigenvalue weighted by Crippen LogP contribution is 2.28. The van der Waals surface area contributed by atoms with E-state index in [1.165, 1.54) is 6.33 Å². The van der Waals surface area contributed by atoms with E-state index in [1.807, 2.05) is 37.5 Å². The average molecular weight is 346 g/mol. The number of H-pyrrole nitrogens is 1. The molecule has 0 fully saturated rings. The molecule has 0 aliphatic heterocycles. The summed E-state index contributed by atoms with van der Waals surface area (Å²) in [5.41, 5.74) is 5.82. The van der Waals surface area contributed by atoms with Gasteiger partial charge in [-0.1, -0.05) is 12.1 Å². The van der Waals surface area contributed by atoms with Gasteiger partial charge in [0.15, 0.2) is 17.3 Å². The maximum atomic E-state index is 5.52. The minimum atomic E-state index is 0.502. The van der Waals surface area contributed by atoms with E-state index in [0.717, 1.165) is 16.6 Å². The van der Waals surface area contributed by atoms with Crippen LogP contribution in [0.5, 0.6) is 0 Å². The van der Waals surface area contributed by atoms with Crippen LogP contribution in [0.3, 0.4) is 0 Å². The van der Waals surface area contributed by atoms with Crippen LogP contribution in [0.4, 0.5) is 5.82 Å². The predicted octanol–water partition coefficient (Wildman–Crippen LogP) is 1.38. The van der Waals surface area contributed by atoms with Crippen LogP contribution >= 0.6 is 0 Å². The molecule has 0 amide bonds. The van der Waals surface area contributed by atoms with Gasteiger partial charge in [-0.15, -0.1) is 0 Å². The van der Waals surface area contributed by atoms with Crippen molar-refractivity contribution in [2.45, 2.75) is 0 Å². The number of hydrogen-bond donors (Lipinski definition) is 3. The Morgan fingerprint density at radius 2 is 2.08 bits per heavy atom. The summed E-state index contributed by atoms with van der Waals surface area (Å²) in [6.07, 6.45) is 4.98. The van der Waals surface area contributed by atoms with Crippen molar-refractivity contribution in [3.05, 3.63) is 43.0 Å². The smallest absolute Gasteiger partial charge is 0.188 e. The molecule has 0 saturated heterocycles. The second-order valence-electron chi connectivity index (χ2n) is 5.80. The largest absolute Gasteiger partial charge is 0.338 e. The Kier molecular flexibility index (Phi) is 3.00. The Hall–Kier alpha value is -3.79. The molecule has 4 N–H and O–H groups in total. The van der Waals surface area contributed by atoms with Crippen molar-refractivity contribution in [1.29, 1.82) is 0 Å². The van der Waals surface area contributed by atoms with E-state index in [1.54, 1.807) is 15.6 Å². The minimum Gasteiger partial charge on any atom is -0.338 e. The van der Waals surface area contributed by atoms with E-state index >= 15 is 0 Å². The Morgan fingerprint density at radius 1 is 1.19 bits per heavy atom. The van der Waals surface area contributed by atoms with Crippen LogP contribution in [0, 0.1) is 0 Å². The topological polar surface area (TPSA) is 128 Å². The van der Waals surface area contributed by atoms with E-state index in [-0.39, 0.29) is 0 Å². The number of rotatable bonds is 3. The molecule has 4 heterocycles. The van der Waals surface area contributed by atoms with E-state index in [2.05, 4.69) is 35.6 Å². The number of anilines is 1. The molecule has 10 nitrogen and oxygen atoms in total. The van der Waals surface area contributed by atoms with Crippen LogP contribution in [-0.2, 0) is 7.05 Å². The maximum Gasteiger partial charge on any atom is 0.188 e. The number of aromatic nitrogens is 8. The van der Waals surface area contributed by atoms with Crippen LogP contribution in [0.25, 0.3) is 39.3 Å². The van der Waals surface area contributed by atoms with Gasteiger partial charge in [0, 0.05) is 13.2 Å². The highest BCUT2D eigenvalue weighted by molar-refractivity contribution is 5.88. The first-order valence-electron chi connectivity index (χ1n) is 7.89. The predicted molar refractivity (Wildman–Crippen MR) is 96.3 cm³/mol. The maximum absolute atomic E-state index is 5.52. The molecule has 0 saturated carbocycles. The molecule has 128 valence electrons. The zero-order chi connectivity index (χ0) is 17.7. The van der Waals surface area contributed by atoms with Crippen LogP contribution in [-0.4, -0.2) is 39.5 Å². The molecule has 0 aliphatic carbocycles. The molecule has 5 aromatic rings. The number of imidazole rings is 1. The number of hydrazine groups is 1. The first-order chi connectivity index (χ1) is 12.7. The quantitative estimate of drug-likeness (QED) is 0.332. The first kappa shape index (κ1) is 14.5. The standard InChI is InChI=1S/C16H14N10/c1-25-7-10(14-21-11-4-2-3-5-12(11)22-14)16(24-25)26-15-9(6-20-26)13(23-17)18-8-19-15/h2-8H,17H2,1H3,(H,21,22)(H,18,19,23). The number of nitrogen functional groups attached to an aromatic ring is 1. The summed E-state index contributed by atoms with van der Waals surface area (Å²) in [5, 5.41) is 9.68. The zero-order valence-electron chi connectivity index (χ0n) is 13.7. The van der Waals surface area contributed by atoms with Crippen LogP contribution in [0.15, 0.2) is 43.0 Å². The molecule has 0 aliphatic rings. The molecule has 10 heteroatoms. The van der Waals surface area contributed by atoms with Crippen molar-refractivity contribution < 1.29 is 0 Å². The molecular weight excluding hydrogens is 332 g/mol. The van der Waals surface area contributed by atoms with Crippen LogP contribution < -0.4 is 11.3 Å². The van der Waals surface area contributed by atoms with Gasteiger partial charge in [0.05, 0.1) is 28.2 Å². The second kappa shape index (κ2) is 5.36. The number of aromatic amines is 1. The number of nitrogens with two attached hydrogens (primary N) is 1. The second-order valence-corrected chi connectivity index (χ2v) is 5.80. The number of nitrogens with one attached hydrogen (secondary N) is 2. The van der Waals surface area contributed by atoms with Crippen molar-refractivity contribution >= 4 is 27.9 Å². The van der Waals surface area contributed by atoms with Gasteiger partial charge >= 0.3 is 0 Å². The summed E-state index contributed by atoms with van der Waals surface area (Å²) in [6.45, 7) is 0. The number of para-hydroxylation sites is 2. The number of hydrogen-bond acceptors (Lipinski definition) is 7. The third kappa shape index (κ3) is 2.06. The number of benzene rings is 1. The van der Waals surface area contributed by atoms with Crippen molar-refractivity contribution in [2.24, 2.45) is 12.9 Å². The van der Waals surface area contributed by atoms with Crippen molar-refractivity contribution in [3.63, 3.8) is 0 Å². The molecular formula is C16H14N10. The molecule has 0 radical (unpaired) electrons. The van der Waals surface area contributed by atoms with Crippen molar-refractivity contribution in [2.75, 3.05) is 5.43 Å². The van der Waals surface area contributed by atoms with Gasteiger partial charge in [-0.05, 0) is 12.1 Å². The lowest BCUT2D eigenvalue weighted by atomic mass is 10.3. The van der Waals surface area contributed by atoms with Gasteiger partial charge in [-0.25, -0.2) is 20.8 Å². The van der Waals surface area contributed by atoms with Gasteiger partial charge < -0.3 is 10.4 Å². The van der Waals surface area contributed by atoms with Gasteiger partial charge in [0.2, 0.25) is 0 Å². The zero-order valence-corrected chi connectivity index (χ0v) is 13.7. The number of fused-ring (bicyclic) bond motifs is 2. The average Bonchev–Trinajstić information content (AvgIpc) is 3.36. The van der Waals surface area contributed by atoms with Gasteiger partial charge in [0.25, 0.3) is 0 Å². The summed E-state index contributed by atoms with van der Waals surface area (Å²) in [7, 11) is 1.85. The molecule has 0 bridgehead atoms. The summed E-state index contributed by atoms with van der Waals surface area (Å²) in [5.74, 6) is 7.35. The number of nitrogens with zero attached hydrogens (tertiary/aromatic N) is 7. The monoisotopic (exact) mass is 346 g/mol. The Balaban J connectivity index is 1.74. The fraction of sp³-hybridized carbons (Fsp3) is 0.0625. The molecule has 5 rings (SSSR count). The highest BCUT2D eigenvalue weighted by atomic mass is 15.4. The highest BCUT2D eigenvalue weighted by Gasteiger charge is 2.19. The molecule has 0 atom stereocenters. The Labute approximate surface area is 146 Å². The van der Waals surface area contributed by atoms with Crippen LogP contribution in [0.2, 0.25) is 0 Å². The van der Waals surface area contributed by atoms with Crippen molar-refractivity contribution in [1.82, 2.24) is 39.5 Å².